The third-order valence-corrected chi connectivity index (χ3v) is 4.05. The molecule has 1 heterocycles. The number of hydrogen-bond donors (Lipinski definition) is 0. The number of rotatable bonds is 3. The molecule has 3 rings (SSSR count). The van der Waals surface area contributed by atoms with Gasteiger partial charge in [-0.1, -0.05) is 35.9 Å². The van der Waals surface area contributed by atoms with Crippen LogP contribution >= 0.6 is 27.5 Å². The third kappa shape index (κ3) is 2.74. The standard InChI is InChI=1S/C16H12BrClN2O/c1-2-21-14-8-7-10(9-13(14)17)15-11-5-3-4-6-12(11)16(18)20-19-15/h3-9H,2H2,1H3. The Balaban J connectivity index is 2.17. The van der Waals surface area contributed by atoms with Crippen LogP contribution in [-0.4, -0.2) is 16.8 Å². The van der Waals surface area contributed by atoms with E-state index in [1.807, 2.05) is 49.4 Å². The van der Waals surface area contributed by atoms with Crippen molar-refractivity contribution < 1.29 is 4.74 Å². The van der Waals surface area contributed by atoms with E-state index < -0.39 is 0 Å². The Bertz CT molecular complexity index is 807. The Kier molecular flexibility index (Phi) is 4.08. The molecule has 0 N–H and O–H groups in total. The van der Waals surface area contributed by atoms with Gasteiger partial charge in [-0.25, -0.2) is 0 Å². The number of hydrogen-bond acceptors (Lipinski definition) is 3. The molecule has 0 bridgehead atoms. The molecule has 5 heteroatoms. The van der Waals surface area contributed by atoms with Crippen molar-refractivity contribution in [2.75, 3.05) is 6.61 Å². The maximum Gasteiger partial charge on any atom is 0.159 e. The Morgan fingerprint density at radius 1 is 1.10 bits per heavy atom. The van der Waals surface area contributed by atoms with Crippen molar-refractivity contribution in [3.8, 4) is 17.0 Å². The minimum atomic E-state index is 0.416. The van der Waals surface area contributed by atoms with E-state index in [2.05, 4.69) is 26.1 Å². The van der Waals surface area contributed by atoms with Crippen LogP contribution in [0.4, 0.5) is 0 Å². The molecule has 0 unspecified atom stereocenters. The lowest BCUT2D eigenvalue weighted by Gasteiger charge is -2.09. The van der Waals surface area contributed by atoms with Gasteiger partial charge in [-0.2, -0.15) is 0 Å². The van der Waals surface area contributed by atoms with Gasteiger partial charge in [0.1, 0.15) is 11.4 Å². The van der Waals surface area contributed by atoms with Gasteiger partial charge in [0.25, 0.3) is 0 Å². The van der Waals surface area contributed by atoms with Crippen LogP contribution in [0.2, 0.25) is 5.15 Å². The Morgan fingerprint density at radius 3 is 2.57 bits per heavy atom. The summed E-state index contributed by atoms with van der Waals surface area (Å²) < 4.78 is 6.42. The van der Waals surface area contributed by atoms with Crippen LogP contribution in [-0.2, 0) is 0 Å². The lowest BCUT2D eigenvalue weighted by Crippen LogP contribution is -1.94. The van der Waals surface area contributed by atoms with Gasteiger partial charge in [0.05, 0.1) is 11.1 Å². The van der Waals surface area contributed by atoms with E-state index in [4.69, 9.17) is 16.3 Å². The van der Waals surface area contributed by atoms with Gasteiger partial charge < -0.3 is 4.74 Å². The summed E-state index contributed by atoms with van der Waals surface area (Å²) in [6.07, 6.45) is 0. The van der Waals surface area contributed by atoms with Crippen LogP contribution in [0.5, 0.6) is 5.75 Å². The zero-order valence-corrected chi connectivity index (χ0v) is 13.6. The van der Waals surface area contributed by atoms with Crippen LogP contribution in [0.1, 0.15) is 6.92 Å². The zero-order chi connectivity index (χ0) is 14.8. The Labute approximate surface area is 136 Å². The van der Waals surface area contributed by atoms with Gasteiger partial charge in [0.2, 0.25) is 0 Å². The molecule has 3 nitrogen and oxygen atoms in total. The van der Waals surface area contributed by atoms with Crippen LogP contribution in [0.25, 0.3) is 22.0 Å². The molecule has 0 aliphatic rings. The molecule has 0 radical (unpaired) electrons. The highest BCUT2D eigenvalue weighted by molar-refractivity contribution is 9.10. The zero-order valence-electron chi connectivity index (χ0n) is 11.3. The second-order valence-electron chi connectivity index (χ2n) is 4.46. The predicted molar refractivity (Wildman–Crippen MR) is 88.9 cm³/mol. The molecule has 0 saturated carbocycles. The lowest BCUT2D eigenvalue weighted by atomic mass is 10.1. The van der Waals surface area contributed by atoms with Gasteiger partial charge in [-0.3, -0.25) is 0 Å². The van der Waals surface area contributed by atoms with Crippen molar-refractivity contribution >= 4 is 38.3 Å². The number of nitrogens with zero attached hydrogens (tertiary/aromatic N) is 2. The maximum atomic E-state index is 6.11. The van der Waals surface area contributed by atoms with E-state index in [1.54, 1.807) is 0 Å². The minimum absolute atomic E-state index is 0.416. The van der Waals surface area contributed by atoms with E-state index in [-0.39, 0.29) is 0 Å². The van der Waals surface area contributed by atoms with Crippen molar-refractivity contribution in [1.29, 1.82) is 0 Å². The fourth-order valence-corrected chi connectivity index (χ4v) is 2.90. The normalized spacial score (nSPS) is 10.8. The maximum absolute atomic E-state index is 6.11. The van der Waals surface area contributed by atoms with Gasteiger partial charge in [-0.05, 0) is 41.1 Å². The van der Waals surface area contributed by atoms with Crippen LogP contribution in [0.3, 0.4) is 0 Å². The summed E-state index contributed by atoms with van der Waals surface area (Å²) in [7, 11) is 0. The molecule has 0 aliphatic heterocycles. The SMILES string of the molecule is CCOc1ccc(-c2nnc(Cl)c3ccccc23)cc1Br. The van der Waals surface area contributed by atoms with E-state index in [0.29, 0.717) is 11.8 Å². The summed E-state index contributed by atoms with van der Waals surface area (Å²) in [5.74, 6) is 0.812. The number of aromatic nitrogens is 2. The predicted octanol–water partition coefficient (Wildman–Crippen LogP) is 5.11. The fraction of sp³-hybridized carbons (Fsp3) is 0.125. The van der Waals surface area contributed by atoms with Gasteiger partial charge in [0, 0.05) is 16.3 Å². The molecule has 3 aromatic rings. The molecule has 2 aromatic carbocycles. The molecule has 21 heavy (non-hydrogen) atoms. The summed E-state index contributed by atoms with van der Waals surface area (Å²) in [6, 6.07) is 13.7. The van der Waals surface area contributed by atoms with Crippen molar-refractivity contribution in [1.82, 2.24) is 10.2 Å². The van der Waals surface area contributed by atoms with Crippen molar-refractivity contribution in [3.05, 3.63) is 52.1 Å². The largest absolute Gasteiger partial charge is 0.493 e. The third-order valence-electron chi connectivity index (χ3n) is 3.15. The van der Waals surface area contributed by atoms with Crippen LogP contribution in [0.15, 0.2) is 46.9 Å². The van der Waals surface area contributed by atoms with Crippen LogP contribution < -0.4 is 4.74 Å². The van der Waals surface area contributed by atoms with E-state index in [0.717, 1.165) is 32.3 Å². The fourth-order valence-electron chi connectivity index (χ4n) is 2.21. The Morgan fingerprint density at radius 2 is 1.86 bits per heavy atom. The molecular formula is C16H12BrClN2O. The summed E-state index contributed by atoms with van der Waals surface area (Å²) in [4.78, 5) is 0. The summed E-state index contributed by atoms with van der Waals surface area (Å²) >= 11 is 9.64. The minimum Gasteiger partial charge on any atom is -0.493 e. The molecule has 0 amide bonds. The van der Waals surface area contributed by atoms with E-state index >= 15 is 0 Å². The highest BCUT2D eigenvalue weighted by Gasteiger charge is 2.11. The van der Waals surface area contributed by atoms with E-state index in [9.17, 15) is 0 Å². The lowest BCUT2D eigenvalue weighted by molar-refractivity contribution is 0.338. The molecule has 0 fully saturated rings. The van der Waals surface area contributed by atoms with Gasteiger partial charge >= 0.3 is 0 Å². The van der Waals surface area contributed by atoms with Crippen molar-refractivity contribution in [2.45, 2.75) is 6.92 Å². The number of fused-ring (bicyclic) bond motifs is 1. The molecule has 0 saturated heterocycles. The number of benzene rings is 2. The second-order valence-corrected chi connectivity index (χ2v) is 5.68. The first-order valence-electron chi connectivity index (χ1n) is 6.54. The quantitative estimate of drug-likeness (QED) is 0.648. The molecule has 0 spiro atoms. The van der Waals surface area contributed by atoms with Crippen molar-refractivity contribution in [3.63, 3.8) is 0 Å². The monoisotopic (exact) mass is 362 g/mol. The average molecular weight is 364 g/mol. The first kappa shape index (κ1) is 14.3. The molecule has 106 valence electrons. The van der Waals surface area contributed by atoms with Crippen molar-refractivity contribution in [2.24, 2.45) is 0 Å². The van der Waals surface area contributed by atoms with Gasteiger partial charge in [0.15, 0.2) is 5.15 Å². The Hall–Kier alpha value is -1.65. The molecular weight excluding hydrogens is 352 g/mol. The highest BCUT2D eigenvalue weighted by atomic mass is 79.9. The number of ether oxygens (including phenoxy) is 1. The summed E-state index contributed by atoms with van der Waals surface area (Å²) in [6.45, 7) is 2.58. The average Bonchev–Trinajstić information content (AvgIpc) is 2.50. The molecule has 0 atom stereocenters. The van der Waals surface area contributed by atoms with Gasteiger partial charge in [-0.15, -0.1) is 10.2 Å². The highest BCUT2D eigenvalue weighted by Crippen LogP contribution is 2.34. The first-order valence-corrected chi connectivity index (χ1v) is 7.71. The first-order chi connectivity index (χ1) is 10.2. The topological polar surface area (TPSA) is 35.0 Å². The second kappa shape index (κ2) is 6.00. The summed E-state index contributed by atoms with van der Waals surface area (Å²) in [5.41, 5.74) is 1.77. The molecule has 0 aliphatic carbocycles. The molecule has 1 aromatic heterocycles. The van der Waals surface area contributed by atoms with Crippen LogP contribution in [0, 0.1) is 0 Å². The van der Waals surface area contributed by atoms with E-state index in [1.165, 1.54) is 0 Å². The number of halogens is 2. The summed E-state index contributed by atoms with van der Waals surface area (Å²) in [5, 5.41) is 10.6. The smallest absolute Gasteiger partial charge is 0.159 e.